The fourth-order valence-corrected chi connectivity index (χ4v) is 1.62. The van der Waals surface area contributed by atoms with Crippen LogP contribution in [0.15, 0.2) is 23.3 Å². The molecule has 9 heteroatoms. The van der Waals surface area contributed by atoms with E-state index in [0.29, 0.717) is 12.8 Å². The van der Waals surface area contributed by atoms with Crippen molar-refractivity contribution < 1.29 is 23.7 Å². The summed E-state index contributed by atoms with van der Waals surface area (Å²) in [6.07, 6.45) is 3.03. The third kappa shape index (κ3) is 4.22. The van der Waals surface area contributed by atoms with Gasteiger partial charge in [-0.2, -0.15) is 4.98 Å². The summed E-state index contributed by atoms with van der Waals surface area (Å²) in [6, 6.07) is 1.46. The topological polar surface area (TPSA) is 115 Å². The third-order valence-corrected chi connectivity index (χ3v) is 2.65. The number of nitrogens with zero attached hydrogens (tertiary/aromatic N) is 2. The van der Waals surface area contributed by atoms with E-state index in [1.807, 2.05) is 6.92 Å². The molecule has 22 heavy (non-hydrogen) atoms. The van der Waals surface area contributed by atoms with Crippen molar-refractivity contribution in [3.63, 3.8) is 0 Å². The number of hydrogen-bond donors (Lipinski definition) is 1. The number of nitrogens with two attached hydrogens (primary N) is 1. The van der Waals surface area contributed by atoms with E-state index in [1.54, 1.807) is 0 Å². The molecule has 0 fully saturated rings. The van der Waals surface area contributed by atoms with Crippen molar-refractivity contribution in [3.05, 3.63) is 29.0 Å². The summed E-state index contributed by atoms with van der Waals surface area (Å²) in [6.45, 7) is 1.74. The number of anilines is 1. The van der Waals surface area contributed by atoms with E-state index in [4.69, 9.17) is 24.7 Å². The van der Waals surface area contributed by atoms with E-state index in [-0.39, 0.29) is 31.1 Å². The fourth-order valence-electron chi connectivity index (χ4n) is 1.62. The van der Waals surface area contributed by atoms with Gasteiger partial charge in [-0.3, -0.25) is 4.79 Å². The number of carbonyl (C=O) groups excluding carboxylic acids is 1. The lowest BCUT2D eigenvalue weighted by Crippen LogP contribution is -2.25. The molecule has 1 atom stereocenters. The van der Waals surface area contributed by atoms with Crippen molar-refractivity contribution >= 4 is 17.7 Å². The minimum Gasteiger partial charge on any atom is -0.454 e. The second kappa shape index (κ2) is 7.46. The van der Waals surface area contributed by atoms with Gasteiger partial charge < -0.3 is 24.7 Å². The highest BCUT2D eigenvalue weighted by Crippen LogP contribution is 2.17. The molecule has 120 valence electrons. The molecule has 1 aromatic rings. The maximum Gasteiger partial charge on any atom is 0.356 e. The average molecular weight is 311 g/mol. The molecule has 1 unspecified atom stereocenters. The summed E-state index contributed by atoms with van der Waals surface area (Å²) in [5.74, 6) is -0.0299. The molecule has 0 aliphatic carbocycles. The largest absolute Gasteiger partial charge is 0.454 e. The number of rotatable bonds is 7. The van der Waals surface area contributed by atoms with Crippen LogP contribution >= 0.6 is 0 Å². The van der Waals surface area contributed by atoms with E-state index in [0.717, 1.165) is 4.57 Å². The summed E-state index contributed by atoms with van der Waals surface area (Å²) in [7, 11) is 0. The van der Waals surface area contributed by atoms with E-state index in [9.17, 15) is 9.59 Å². The molecule has 9 nitrogen and oxygen atoms in total. The van der Waals surface area contributed by atoms with Crippen LogP contribution in [0.2, 0.25) is 0 Å². The first-order valence-corrected chi connectivity index (χ1v) is 6.71. The predicted molar refractivity (Wildman–Crippen MR) is 75.0 cm³/mol. The van der Waals surface area contributed by atoms with Gasteiger partial charge in [-0.05, 0) is 12.5 Å². The Bertz CT molecular complexity index is 612. The van der Waals surface area contributed by atoms with Crippen LogP contribution < -0.4 is 11.4 Å². The second-order valence-electron chi connectivity index (χ2n) is 4.40. The molecule has 0 spiro atoms. The van der Waals surface area contributed by atoms with Crippen LogP contribution in [-0.2, 0) is 23.7 Å². The molecular formula is C13H17N3O6. The summed E-state index contributed by atoms with van der Waals surface area (Å²) >= 11 is 0. The highest BCUT2D eigenvalue weighted by molar-refractivity contribution is 5.69. The Balaban J connectivity index is 1.75. The number of ether oxygens (including phenoxy) is 4. The lowest BCUT2D eigenvalue weighted by Gasteiger charge is -2.12. The summed E-state index contributed by atoms with van der Waals surface area (Å²) in [5, 5.41) is 0. The van der Waals surface area contributed by atoms with Crippen molar-refractivity contribution in [3.8, 4) is 0 Å². The van der Waals surface area contributed by atoms with E-state index in [2.05, 4.69) is 4.98 Å². The molecule has 2 N–H and O–H groups in total. The van der Waals surface area contributed by atoms with Crippen LogP contribution in [0.25, 0.3) is 5.88 Å². The van der Waals surface area contributed by atoms with Gasteiger partial charge in [0.2, 0.25) is 5.88 Å². The van der Waals surface area contributed by atoms with Gasteiger partial charge in [0.05, 0.1) is 0 Å². The highest BCUT2D eigenvalue weighted by atomic mass is 16.7. The molecule has 0 amide bonds. The Morgan fingerprint density at radius 2 is 2.36 bits per heavy atom. The van der Waals surface area contributed by atoms with Gasteiger partial charge in [0.1, 0.15) is 18.7 Å². The molecule has 0 radical (unpaired) electrons. The van der Waals surface area contributed by atoms with Crippen LogP contribution in [0.1, 0.15) is 19.8 Å². The normalized spacial score (nSPS) is 16.6. The maximum atomic E-state index is 11.6. The molecule has 0 bridgehead atoms. The smallest absolute Gasteiger partial charge is 0.356 e. The quantitative estimate of drug-likeness (QED) is 0.433. The monoisotopic (exact) mass is 311 g/mol. The molecule has 1 aliphatic rings. The van der Waals surface area contributed by atoms with Gasteiger partial charge >= 0.3 is 11.7 Å². The number of esters is 1. The Morgan fingerprint density at radius 3 is 3.09 bits per heavy atom. The second-order valence-corrected chi connectivity index (χ2v) is 4.40. The van der Waals surface area contributed by atoms with Gasteiger partial charge in [-0.25, -0.2) is 9.36 Å². The molecule has 1 aliphatic heterocycles. The zero-order chi connectivity index (χ0) is 15.9. The van der Waals surface area contributed by atoms with Gasteiger partial charge in [0.15, 0.2) is 6.79 Å². The molecular weight excluding hydrogens is 294 g/mol. The zero-order valence-corrected chi connectivity index (χ0v) is 12.1. The summed E-state index contributed by atoms with van der Waals surface area (Å²) < 4.78 is 21.7. The van der Waals surface area contributed by atoms with E-state index < -0.39 is 12.0 Å². The Morgan fingerprint density at radius 1 is 1.55 bits per heavy atom. The minimum atomic E-state index is -0.732. The van der Waals surface area contributed by atoms with Crippen LogP contribution in [0, 0.1) is 0 Å². The Hall–Kier alpha value is -2.55. The van der Waals surface area contributed by atoms with Crippen molar-refractivity contribution in [1.29, 1.82) is 0 Å². The standard InChI is InChI=1S/C13H17N3O6/c1-2-3-11(17)21-8-19-7-12-20-6-10(22-12)16-5-4-9(14)15-13(16)18/h4-6,12H,2-3,7-8H2,1H3,(H2,14,15,18). The highest BCUT2D eigenvalue weighted by Gasteiger charge is 2.22. The molecule has 0 saturated carbocycles. The molecule has 2 rings (SSSR count). The number of hydrogen-bond acceptors (Lipinski definition) is 8. The molecule has 1 aromatic heterocycles. The van der Waals surface area contributed by atoms with Crippen molar-refractivity contribution in [2.45, 2.75) is 26.1 Å². The van der Waals surface area contributed by atoms with Crippen LogP contribution in [-0.4, -0.2) is 35.2 Å². The van der Waals surface area contributed by atoms with E-state index in [1.165, 1.54) is 18.5 Å². The van der Waals surface area contributed by atoms with Crippen molar-refractivity contribution in [2.75, 3.05) is 19.1 Å². The number of carbonyl (C=O) groups is 1. The third-order valence-electron chi connectivity index (χ3n) is 2.65. The van der Waals surface area contributed by atoms with Gasteiger partial charge in [0.25, 0.3) is 6.29 Å². The summed E-state index contributed by atoms with van der Waals surface area (Å²) in [5.41, 5.74) is 4.82. The summed E-state index contributed by atoms with van der Waals surface area (Å²) in [4.78, 5) is 26.3. The maximum absolute atomic E-state index is 11.6. The lowest BCUT2D eigenvalue weighted by atomic mass is 10.3. The van der Waals surface area contributed by atoms with Crippen LogP contribution in [0.5, 0.6) is 0 Å². The first-order chi connectivity index (χ1) is 10.6. The number of aromatic nitrogens is 2. The zero-order valence-electron chi connectivity index (χ0n) is 12.1. The van der Waals surface area contributed by atoms with Crippen LogP contribution in [0.4, 0.5) is 5.82 Å². The van der Waals surface area contributed by atoms with E-state index >= 15 is 0 Å². The van der Waals surface area contributed by atoms with Gasteiger partial charge in [-0.1, -0.05) is 6.92 Å². The van der Waals surface area contributed by atoms with Crippen LogP contribution in [0.3, 0.4) is 0 Å². The predicted octanol–water partition coefficient (Wildman–Crippen LogP) is 0.272. The Labute approximate surface area is 126 Å². The molecule has 0 saturated heterocycles. The first-order valence-electron chi connectivity index (χ1n) is 6.71. The minimum absolute atomic E-state index is 0.0383. The molecule has 0 aromatic carbocycles. The Kier molecular flexibility index (Phi) is 5.37. The SMILES string of the molecule is CCCC(=O)OCOCC1OC=C(n2ccc(N)nc2=O)O1. The first kappa shape index (κ1) is 15.8. The molecule has 2 heterocycles. The van der Waals surface area contributed by atoms with Crippen molar-refractivity contribution in [2.24, 2.45) is 0 Å². The number of nitrogen functional groups attached to an aromatic ring is 1. The van der Waals surface area contributed by atoms with Gasteiger partial charge in [0, 0.05) is 12.6 Å². The van der Waals surface area contributed by atoms with Gasteiger partial charge in [-0.15, -0.1) is 0 Å². The average Bonchev–Trinajstić information content (AvgIpc) is 2.92. The lowest BCUT2D eigenvalue weighted by molar-refractivity contribution is -0.164. The van der Waals surface area contributed by atoms with Crippen molar-refractivity contribution in [1.82, 2.24) is 9.55 Å². The fraction of sp³-hybridized carbons (Fsp3) is 0.462.